The number of nitrogens with zero attached hydrogens (tertiary/aromatic N) is 2. The van der Waals surface area contributed by atoms with Gasteiger partial charge in [-0.15, -0.1) is 0 Å². The van der Waals surface area contributed by atoms with Crippen molar-refractivity contribution >= 4 is 24.2 Å². The lowest BCUT2D eigenvalue weighted by atomic mass is 9.80. The van der Waals surface area contributed by atoms with Gasteiger partial charge in [0.15, 0.2) is 0 Å². The monoisotopic (exact) mass is 777 g/mol. The average molecular weight is 778 g/mol. The molecule has 0 unspecified atom stereocenters. The smallest absolute Gasteiger partial charge is 0.410 e. The van der Waals surface area contributed by atoms with E-state index in [1.807, 2.05) is 60.7 Å². The molecule has 4 fully saturated rings. The summed E-state index contributed by atoms with van der Waals surface area (Å²) in [7, 11) is 0. The number of nitrogens with one attached hydrogen (secondary N) is 1. The summed E-state index contributed by atoms with van der Waals surface area (Å²) < 4.78 is 79.0. The van der Waals surface area contributed by atoms with Crippen LogP contribution in [0.1, 0.15) is 78.4 Å². The number of amides is 3. The maximum Gasteiger partial charge on any atom is 0.410 e. The highest BCUT2D eigenvalue weighted by molar-refractivity contribution is 5.81. The molecule has 2 aromatic carbocycles. The van der Waals surface area contributed by atoms with E-state index in [9.17, 15) is 36.7 Å². The van der Waals surface area contributed by atoms with Gasteiger partial charge in [0.25, 0.3) is 11.8 Å². The largest absolute Gasteiger partial charge is 0.459 e. The maximum absolute atomic E-state index is 14.4. The van der Waals surface area contributed by atoms with Crippen molar-refractivity contribution in [3.05, 3.63) is 71.8 Å². The summed E-state index contributed by atoms with van der Waals surface area (Å²) >= 11 is 0. The van der Waals surface area contributed by atoms with Crippen molar-refractivity contribution in [2.45, 2.75) is 109 Å². The number of hydrogen-bond acceptors (Lipinski definition) is 8. The van der Waals surface area contributed by atoms with Crippen LogP contribution in [0.4, 0.5) is 31.9 Å². The third-order valence-corrected chi connectivity index (χ3v) is 10.4. The fourth-order valence-corrected chi connectivity index (χ4v) is 7.81. The molecule has 0 spiro atoms. The first-order valence-corrected chi connectivity index (χ1v) is 18.5. The number of alkyl halides is 4. The Hall–Kier alpha value is -4.56. The van der Waals surface area contributed by atoms with E-state index in [2.05, 4.69) is 5.32 Å². The molecule has 4 aliphatic rings. The van der Waals surface area contributed by atoms with Gasteiger partial charge in [0.1, 0.15) is 24.4 Å². The number of halogens is 4. The standard InChI is InChI=1S/C20H26F2N2O4.C20H25F2NO4/c1-18(2,3)28-16(25)23-19-9-10-20(21,22)15(19)11-24(13-19)17(26)27-12-14-7-5-4-6-8-14;1-18(2,3)27-16(24)19-9-10-20(21,22)15(19)11-23(13-19)17(25)26-12-14-7-5-4-6-8-14/h4-8,15H,9-13H2,1-3H3,(H,23,25);4-8,15H,9-13H2,1-3H3/t2*15-,19-/m11/s1. The Morgan fingerprint density at radius 3 is 1.62 bits per heavy atom. The molecule has 0 aromatic heterocycles. The molecule has 2 aromatic rings. The number of fused-ring (bicyclic) bond motifs is 2. The number of likely N-dealkylation sites (tertiary alicyclic amines) is 2. The Balaban J connectivity index is 0.000000211. The van der Waals surface area contributed by atoms with Crippen LogP contribution in [-0.4, -0.2) is 88.8 Å². The lowest BCUT2D eigenvalue weighted by Crippen LogP contribution is -2.55. The van der Waals surface area contributed by atoms with Crippen LogP contribution in [0.25, 0.3) is 0 Å². The molecule has 2 aliphatic heterocycles. The van der Waals surface area contributed by atoms with Crippen molar-refractivity contribution in [1.29, 1.82) is 0 Å². The van der Waals surface area contributed by atoms with E-state index in [4.69, 9.17) is 18.9 Å². The Bertz CT molecular complexity index is 1700. The van der Waals surface area contributed by atoms with Crippen LogP contribution in [0.15, 0.2) is 60.7 Å². The quantitative estimate of drug-likeness (QED) is 0.178. The number of benzene rings is 2. The molecule has 3 amide bonds. The molecule has 15 heteroatoms. The molecule has 2 saturated carbocycles. The second-order valence-electron chi connectivity index (χ2n) is 16.9. The Morgan fingerprint density at radius 2 is 1.11 bits per heavy atom. The summed E-state index contributed by atoms with van der Waals surface area (Å²) in [5.74, 6) is -9.05. The molecule has 302 valence electrons. The second kappa shape index (κ2) is 15.5. The zero-order chi connectivity index (χ0) is 40.5. The molecular weight excluding hydrogens is 726 g/mol. The van der Waals surface area contributed by atoms with E-state index in [0.717, 1.165) is 11.1 Å². The zero-order valence-electron chi connectivity index (χ0n) is 32.2. The summed E-state index contributed by atoms with van der Waals surface area (Å²) in [5.41, 5.74) is -2.50. The molecular formula is C40H51F4N3O8. The highest BCUT2D eigenvalue weighted by Gasteiger charge is 2.68. The van der Waals surface area contributed by atoms with Gasteiger partial charge in [-0.3, -0.25) is 4.79 Å². The Labute approximate surface area is 319 Å². The van der Waals surface area contributed by atoms with Gasteiger partial charge in [-0.1, -0.05) is 60.7 Å². The molecule has 2 aliphatic carbocycles. The van der Waals surface area contributed by atoms with Crippen molar-refractivity contribution in [1.82, 2.24) is 15.1 Å². The number of rotatable bonds is 6. The first-order chi connectivity index (χ1) is 25.5. The predicted molar refractivity (Wildman–Crippen MR) is 192 cm³/mol. The lowest BCUT2D eigenvalue weighted by Gasteiger charge is -2.32. The highest BCUT2D eigenvalue weighted by atomic mass is 19.3. The normalized spacial score (nSPS) is 26.2. The predicted octanol–water partition coefficient (Wildman–Crippen LogP) is 7.96. The third-order valence-electron chi connectivity index (χ3n) is 10.4. The summed E-state index contributed by atoms with van der Waals surface area (Å²) in [6.45, 7) is 9.80. The van der Waals surface area contributed by atoms with Gasteiger partial charge >= 0.3 is 24.2 Å². The molecule has 2 saturated heterocycles. The van der Waals surface area contributed by atoms with Gasteiger partial charge in [0, 0.05) is 39.0 Å². The number of hydrogen-bond donors (Lipinski definition) is 1. The number of carbonyl (C=O) groups excluding carboxylic acids is 4. The molecule has 2 heterocycles. The minimum Gasteiger partial charge on any atom is -0.459 e. The summed E-state index contributed by atoms with van der Waals surface area (Å²) in [6, 6.07) is 18.2. The molecule has 0 bridgehead atoms. The molecule has 4 atom stereocenters. The van der Waals surface area contributed by atoms with Crippen LogP contribution >= 0.6 is 0 Å². The van der Waals surface area contributed by atoms with E-state index >= 15 is 0 Å². The van der Waals surface area contributed by atoms with Gasteiger partial charge < -0.3 is 34.1 Å². The van der Waals surface area contributed by atoms with Crippen LogP contribution in [0.3, 0.4) is 0 Å². The van der Waals surface area contributed by atoms with Gasteiger partial charge in [-0.05, 0) is 65.5 Å². The SMILES string of the molecule is CC(C)(C)OC(=O)N[C@@]12CCC(F)(F)[C@@H]1CN(C(=O)OCc1ccccc1)C2.CC(C)(C)OC(=O)[C@@]12CCC(F)(F)[C@@H]1CN(C(=O)OCc1ccccc1)C2. The van der Waals surface area contributed by atoms with Crippen molar-refractivity contribution in [3.8, 4) is 0 Å². The van der Waals surface area contributed by atoms with Crippen LogP contribution in [0.5, 0.6) is 0 Å². The number of ether oxygens (including phenoxy) is 4. The van der Waals surface area contributed by atoms with Crippen LogP contribution in [0.2, 0.25) is 0 Å². The number of esters is 1. The summed E-state index contributed by atoms with van der Waals surface area (Å²) in [4.78, 5) is 52.3. The van der Waals surface area contributed by atoms with Crippen LogP contribution in [0, 0.1) is 17.3 Å². The van der Waals surface area contributed by atoms with E-state index < -0.39 is 70.1 Å². The number of alkyl carbamates (subject to hydrolysis) is 1. The van der Waals surface area contributed by atoms with Crippen LogP contribution < -0.4 is 5.32 Å². The molecule has 11 nitrogen and oxygen atoms in total. The minimum absolute atomic E-state index is 0.00203. The highest BCUT2D eigenvalue weighted by Crippen LogP contribution is 2.57. The van der Waals surface area contributed by atoms with Crippen molar-refractivity contribution in [3.63, 3.8) is 0 Å². The summed E-state index contributed by atoms with van der Waals surface area (Å²) in [5, 5.41) is 2.63. The first-order valence-electron chi connectivity index (χ1n) is 18.5. The Kier molecular flexibility index (Phi) is 11.7. The topological polar surface area (TPSA) is 124 Å². The number of carbonyl (C=O) groups is 4. The zero-order valence-corrected chi connectivity index (χ0v) is 32.2. The van der Waals surface area contributed by atoms with E-state index in [1.165, 1.54) is 9.80 Å². The second-order valence-corrected chi connectivity index (χ2v) is 16.9. The fraction of sp³-hybridized carbons (Fsp3) is 0.600. The molecule has 0 radical (unpaired) electrons. The van der Waals surface area contributed by atoms with Gasteiger partial charge in [0.05, 0.1) is 22.8 Å². The van der Waals surface area contributed by atoms with Crippen molar-refractivity contribution in [2.75, 3.05) is 26.2 Å². The summed E-state index contributed by atoms with van der Waals surface area (Å²) in [6.07, 6.45) is -2.74. The van der Waals surface area contributed by atoms with E-state index in [0.29, 0.717) is 0 Å². The minimum atomic E-state index is -3.01. The third kappa shape index (κ3) is 9.82. The van der Waals surface area contributed by atoms with Gasteiger partial charge in [0.2, 0.25) is 0 Å². The first kappa shape index (κ1) is 41.6. The fourth-order valence-electron chi connectivity index (χ4n) is 7.81. The van der Waals surface area contributed by atoms with Crippen molar-refractivity contribution < 1.29 is 55.7 Å². The van der Waals surface area contributed by atoms with E-state index in [-0.39, 0.29) is 65.1 Å². The van der Waals surface area contributed by atoms with Gasteiger partial charge in [-0.2, -0.15) is 0 Å². The van der Waals surface area contributed by atoms with Gasteiger partial charge in [-0.25, -0.2) is 31.9 Å². The van der Waals surface area contributed by atoms with Crippen molar-refractivity contribution in [2.24, 2.45) is 17.3 Å². The molecule has 6 rings (SSSR count). The lowest BCUT2D eigenvalue weighted by molar-refractivity contribution is -0.171. The maximum atomic E-state index is 14.4. The molecule has 1 N–H and O–H groups in total. The van der Waals surface area contributed by atoms with Crippen LogP contribution in [-0.2, 0) is 37.0 Å². The van der Waals surface area contributed by atoms with E-state index in [1.54, 1.807) is 41.5 Å². The molecule has 55 heavy (non-hydrogen) atoms. The Morgan fingerprint density at radius 1 is 0.655 bits per heavy atom. The average Bonchev–Trinajstić information content (AvgIpc) is 3.81.